The summed E-state index contributed by atoms with van der Waals surface area (Å²) in [5.74, 6) is 3.00. The average Bonchev–Trinajstić information content (AvgIpc) is 2.94. The van der Waals surface area contributed by atoms with Crippen molar-refractivity contribution in [3.8, 4) is 0 Å². The maximum Gasteiger partial charge on any atom is 0.133 e. The Labute approximate surface area is 159 Å². The van der Waals surface area contributed by atoms with Crippen LogP contribution in [0.5, 0.6) is 0 Å². The molecule has 3 fully saturated rings. The minimum absolute atomic E-state index is 0.275. The highest BCUT2D eigenvalue weighted by atomic mass is 16.3. The van der Waals surface area contributed by atoms with Crippen molar-refractivity contribution >= 4 is 5.78 Å². The summed E-state index contributed by atoms with van der Waals surface area (Å²) in [6.07, 6.45) is 13.9. The number of aliphatic hydroxyl groups is 1. The Morgan fingerprint density at radius 1 is 1.12 bits per heavy atom. The fourth-order valence-electron chi connectivity index (χ4n) is 8.05. The molecule has 2 nitrogen and oxygen atoms in total. The van der Waals surface area contributed by atoms with Crippen LogP contribution in [-0.2, 0) is 4.79 Å². The van der Waals surface area contributed by atoms with Gasteiger partial charge < -0.3 is 5.11 Å². The molecule has 26 heavy (non-hydrogen) atoms. The molecule has 7 atom stereocenters. The zero-order valence-corrected chi connectivity index (χ0v) is 17.3. The lowest BCUT2D eigenvalue weighted by molar-refractivity contribution is -0.128. The summed E-state index contributed by atoms with van der Waals surface area (Å²) in [5, 5.41) is 10.7. The molecule has 3 saturated carbocycles. The van der Waals surface area contributed by atoms with Crippen LogP contribution in [0.4, 0.5) is 0 Å². The Morgan fingerprint density at radius 3 is 2.58 bits per heavy atom. The molecule has 4 aliphatic carbocycles. The van der Waals surface area contributed by atoms with E-state index >= 15 is 0 Å². The normalized spacial score (nSPS) is 50.9. The monoisotopic (exact) mass is 358 g/mol. The van der Waals surface area contributed by atoms with Crippen molar-refractivity contribution in [2.45, 2.75) is 97.5 Å². The number of carbonyl (C=O) groups excluding carboxylic acids is 1. The topological polar surface area (TPSA) is 37.3 Å². The first-order valence-corrected chi connectivity index (χ1v) is 11.2. The molecule has 0 amide bonds. The lowest BCUT2D eigenvalue weighted by Crippen LogP contribution is -2.50. The van der Waals surface area contributed by atoms with Crippen LogP contribution in [0.15, 0.2) is 11.6 Å². The molecular weight excluding hydrogens is 320 g/mol. The summed E-state index contributed by atoms with van der Waals surface area (Å²) in [6, 6.07) is 0. The van der Waals surface area contributed by atoms with Crippen LogP contribution < -0.4 is 0 Å². The zero-order valence-electron chi connectivity index (χ0n) is 17.3. The van der Waals surface area contributed by atoms with E-state index in [4.69, 9.17) is 0 Å². The van der Waals surface area contributed by atoms with E-state index < -0.39 is 5.60 Å². The molecule has 0 heterocycles. The van der Waals surface area contributed by atoms with E-state index in [9.17, 15) is 9.90 Å². The van der Waals surface area contributed by atoms with Gasteiger partial charge in [0.15, 0.2) is 0 Å². The van der Waals surface area contributed by atoms with Crippen molar-refractivity contribution in [2.75, 3.05) is 0 Å². The molecule has 4 aliphatic rings. The molecule has 4 rings (SSSR count). The van der Waals surface area contributed by atoms with Crippen molar-refractivity contribution in [1.82, 2.24) is 0 Å². The summed E-state index contributed by atoms with van der Waals surface area (Å²) in [5.41, 5.74) is 1.70. The molecule has 0 aromatic rings. The average molecular weight is 359 g/mol. The molecule has 2 heteroatoms. The van der Waals surface area contributed by atoms with Crippen molar-refractivity contribution in [1.29, 1.82) is 0 Å². The first-order chi connectivity index (χ1) is 12.2. The quantitative estimate of drug-likeness (QED) is 0.644. The van der Waals surface area contributed by atoms with Gasteiger partial charge >= 0.3 is 0 Å². The summed E-state index contributed by atoms with van der Waals surface area (Å²) in [4.78, 5) is 12.4. The third-order valence-corrected chi connectivity index (χ3v) is 9.61. The van der Waals surface area contributed by atoms with Gasteiger partial charge in [0.1, 0.15) is 5.78 Å². The first kappa shape index (κ1) is 18.7. The maximum absolute atomic E-state index is 12.4. The standard InChI is InChI=1S/C24H38O2/c1-5-24-13-11-20-18(21(24)9-8-19(24)16(2)25)7-6-17-10-12-22(3,26)14-15-23(17,20)4/h6,18-21,26H,5,7-15H2,1-4H3/t18-,19-,20+,21+,22+,23+,24-/m1/s1. The largest absolute Gasteiger partial charge is 0.390 e. The molecule has 0 spiro atoms. The maximum atomic E-state index is 12.4. The number of carbonyl (C=O) groups is 1. The van der Waals surface area contributed by atoms with Gasteiger partial charge in [0.25, 0.3) is 0 Å². The van der Waals surface area contributed by atoms with Gasteiger partial charge in [-0.2, -0.15) is 0 Å². The number of fused-ring (bicyclic) bond motifs is 5. The molecule has 0 bridgehead atoms. The smallest absolute Gasteiger partial charge is 0.133 e. The van der Waals surface area contributed by atoms with Crippen LogP contribution in [0.1, 0.15) is 91.9 Å². The minimum Gasteiger partial charge on any atom is -0.390 e. The molecule has 0 aromatic carbocycles. The van der Waals surface area contributed by atoms with Crippen LogP contribution in [0.2, 0.25) is 0 Å². The molecule has 0 unspecified atom stereocenters. The Hall–Kier alpha value is -0.630. The van der Waals surface area contributed by atoms with E-state index in [0.29, 0.717) is 11.7 Å². The molecule has 0 radical (unpaired) electrons. The number of hydrogen-bond acceptors (Lipinski definition) is 2. The Morgan fingerprint density at radius 2 is 1.88 bits per heavy atom. The van der Waals surface area contributed by atoms with Gasteiger partial charge in [-0.15, -0.1) is 0 Å². The molecular formula is C24H38O2. The second-order valence-electron chi connectivity index (χ2n) is 10.6. The van der Waals surface area contributed by atoms with Gasteiger partial charge in [-0.05, 0) is 107 Å². The number of hydrogen-bond donors (Lipinski definition) is 1. The van der Waals surface area contributed by atoms with Crippen molar-refractivity contribution in [2.24, 2.45) is 34.5 Å². The third kappa shape index (κ3) is 2.58. The molecule has 0 aromatic heterocycles. The van der Waals surface area contributed by atoms with E-state index in [-0.39, 0.29) is 10.8 Å². The first-order valence-electron chi connectivity index (χ1n) is 11.2. The minimum atomic E-state index is -0.494. The van der Waals surface area contributed by atoms with Crippen molar-refractivity contribution < 1.29 is 9.90 Å². The SMILES string of the molecule is CC[C@]12CC[C@H]3[C@@H](CC=C4CC[C@](C)(O)CC[C@@]43C)[C@@H]1CC[C@@H]2C(C)=O. The Kier molecular flexibility index (Phi) is 4.46. The van der Waals surface area contributed by atoms with Crippen LogP contribution in [0, 0.1) is 34.5 Å². The fourth-order valence-corrected chi connectivity index (χ4v) is 8.05. The summed E-state index contributed by atoms with van der Waals surface area (Å²) in [7, 11) is 0. The number of ketones is 1. The highest BCUT2D eigenvalue weighted by molar-refractivity contribution is 5.79. The predicted octanol–water partition coefficient (Wildman–Crippen LogP) is 5.69. The van der Waals surface area contributed by atoms with E-state index in [1.54, 1.807) is 5.57 Å². The Balaban J connectivity index is 1.67. The van der Waals surface area contributed by atoms with Crippen LogP contribution >= 0.6 is 0 Å². The van der Waals surface area contributed by atoms with Gasteiger partial charge in [-0.1, -0.05) is 25.5 Å². The lowest BCUT2D eigenvalue weighted by Gasteiger charge is -2.57. The fraction of sp³-hybridized carbons (Fsp3) is 0.875. The van der Waals surface area contributed by atoms with Gasteiger partial charge in [0.05, 0.1) is 5.60 Å². The van der Waals surface area contributed by atoms with E-state index in [1.165, 1.54) is 32.1 Å². The summed E-state index contributed by atoms with van der Waals surface area (Å²) >= 11 is 0. The number of rotatable bonds is 2. The van der Waals surface area contributed by atoms with Gasteiger partial charge in [0, 0.05) is 5.92 Å². The van der Waals surface area contributed by atoms with Gasteiger partial charge in [-0.3, -0.25) is 4.79 Å². The van der Waals surface area contributed by atoms with Crippen LogP contribution in [-0.4, -0.2) is 16.5 Å². The highest BCUT2D eigenvalue weighted by Crippen LogP contribution is 2.67. The van der Waals surface area contributed by atoms with Crippen LogP contribution in [0.3, 0.4) is 0 Å². The number of allylic oxidation sites excluding steroid dienone is 2. The second-order valence-corrected chi connectivity index (χ2v) is 10.6. The molecule has 0 saturated heterocycles. The second kappa shape index (κ2) is 6.19. The molecule has 146 valence electrons. The lowest BCUT2D eigenvalue weighted by atomic mass is 9.47. The predicted molar refractivity (Wildman–Crippen MR) is 106 cm³/mol. The zero-order chi connectivity index (χ0) is 18.7. The molecule has 0 aliphatic heterocycles. The number of Topliss-reactive ketones (excluding diaryl/α,β-unsaturated/α-hetero) is 1. The summed E-state index contributed by atoms with van der Waals surface area (Å²) < 4.78 is 0. The van der Waals surface area contributed by atoms with E-state index in [2.05, 4.69) is 19.9 Å². The molecule has 1 N–H and O–H groups in total. The van der Waals surface area contributed by atoms with Crippen molar-refractivity contribution in [3.63, 3.8) is 0 Å². The van der Waals surface area contributed by atoms with Gasteiger partial charge in [-0.25, -0.2) is 0 Å². The van der Waals surface area contributed by atoms with E-state index in [0.717, 1.165) is 49.9 Å². The van der Waals surface area contributed by atoms with Crippen LogP contribution in [0.25, 0.3) is 0 Å². The van der Waals surface area contributed by atoms with E-state index in [1.807, 2.05) is 13.8 Å². The Bertz CT molecular complexity index is 618. The van der Waals surface area contributed by atoms with Gasteiger partial charge in [0.2, 0.25) is 0 Å². The highest BCUT2D eigenvalue weighted by Gasteiger charge is 2.60. The van der Waals surface area contributed by atoms with Crippen molar-refractivity contribution in [3.05, 3.63) is 11.6 Å². The third-order valence-electron chi connectivity index (χ3n) is 9.61. The summed E-state index contributed by atoms with van der Waals surface area (Å²) in [6.45, 7) is 8.71.